The quantitative estimate of drug-likeness (QED) is 0.553. The predicted molar refractivity (Wildman–Crippen MR) is 111 cm³/mol. The minimum atomic E-state index is -4.71. The Morgan fingerprint density at radius 2 is 1.63 bits per heavy atom. The molecule has 1 N–H and O–H groups in total. The second-order valence-corrected chi connectivity index (χ2v) is 12.2. The van der Waals surface area contributed by atoms with Crippen LogP contribution in [0.3, 0.4) is 0 Å². The van der Waals surface area contributed by atoms with Crippen LogP contribution in [0, 0.1) is 46.3 Å². The molecule has 4 rings (SSSR count). The number of carbonyl (C=O) groups excluding carboxylic acids is 1. The van der Waals surface area contributed by atoms with Crippen molar-refractivity contribution in [1.82, 2.24) is 0 Å². The van der Waals surface area contributed by atoms with E-state index in [0.29, 0.717) is 29.1 Å². The van der Waals surface area contributed by atoms with Gasteiger partial charge in [-0.3, -0.25) is 4.79 Å². The molecule has 0 aromatic heterocycles. The third-order valence-electron chi connectivity index (χ3n) is 10.5. The molecule has 5 heteroatoms. The van der Waals surface area contributed by atoms with E-state index in [2.05, 4.69) is 13.8 Å². The van der Waals surface area contributed by atoms with Crippen molar-refractivity contribution < 1.29 is 23.1 Å². The van der Waals surface area contributed by atoms with Gasteiger partial charge in [-0.05, 0) is 111 Å². The minimum Gasteiger partial charge on any atom is -0.390 e. The van der Waals surface area contributed by atoms with E-state index in [1.54, 1.807) is 0 Å². The highest BCUT2D eigenvalue weighted by molar-refractivity contribution is 5.84. The van der Waals surface area contributed by atoms with Crippen molar-refractivity contribution in [2.24, 2.45) is 46.3 Å². The molecule has 0 aliphatic heterocycles. The zero-order chi connectivity index (χ0) is 22.1. The topological polar surface area (TPSA) is 37.3 Å². The van der Waals surface area contributed by atoms with Crippen LogP contribution < -0.4 is 0 Å². The predicted octanol–water partition coefficient (Wildman–Crippen LogP) is 6.55. The summed E-state index contributed by atoms with van der Waals surface area (Å²) in [6.07, 6.45) is 4.48. The van der Waals surface area contributed by atoms with Crippen molar-refractivity contribution in [2.45, 2.75) is 104 Å². The van der Waals surface area contributed by atoms with Crippen LogP contribution in [0.1, 0.15) is 91.9 Å². The molecule has 2 nitrogen and oxygen atoms in total. The Kier molecular flexibility index (Phi) is 5.44. The molecule has 0 spiro atoms. The van der Waals surface area contributed by atoms with Gasteiger partial charge in [0.1, 0.15) is 0 Å². The summed E-state index contributed by atoms with van der Waals surface area (Å²) < 4.78 is 38.5. The lowest BCUT2D eigenvalue weighted by molar-refractivity contribution is -0.173. The van der Waals surface area contributed by atoms with E-state index in [1.807, 2.05) is 13.8 Å². The summed E-state index contributed by atoms with van der Waals surface area (Å²) in [7, 11) is 0. The first-order valence-corrected chi connectivity index (χ1v) is 12.1. The zero-order valence-electron chi connectivity index (χ0n) is 19.0. The number of alkyl halides is 3. The molecule has 4 aliphatic rings. The molecule has 30 heavy (non-hydrogen) atoms. The third-order valence-corrected chi connectivity index (χ3v) is 10.5. The molecule has 0 bridgehead atoms. The van der Waals surface area contributed by atoms with Crippen LogP contribution in [0.4, 0.5) is 13.2 Å². The Labute approximate surface area is 179 Å². The number of ketones is 1. The maximum absolute atomic E-state index is 12.8. The standard InChI is InChI=1S/C25H39F3O2/c1-15(13-21(29)25(26,27)28)18-7-8-19-17-6-5-16-14-22(2,30)11-12-23(16,3)20(17)9-10-24(18,19)4/h15-20,30H,5-14H2,1-4H3/t15-,16+,17?,18-,19+,20?,22+,23+,24-/m1/s1. The van der Waals surface area contributed by atoms with Crippen molar-refractivity contribution in [2.75, 3.05) is 0 Å². The normalized spacial score (nSPS) is 49.7. The molecule has 0 radical (unpaired) electrons. The van der Waals surface area contributed by atoms with Gasteiger partial charge in [-0.2, -0.15) is 13.2 Å². The van der Waals surface area contributed by atoms with Crippen molar-refractivity contribution >= 4 is 5.78 Å². The SMILES string of the molecule is C[C@H](CC(=O)C(F)(F)F)[C@H]1CC[C@H]2C3CC[C@H]4C[C@@](C)(O)CC[C@]4(C)C3CC[C@]12C. The molecule has 0 heterocycles. The Morgan fingerprint density at radius 1 is 0.967 bits per heavy atom. The van der Waals surface area contributed by atoms with Crippen molar-refractivity contribution in [3.05, 3.63) is 0 Å². The van der Waals surface area contributed by atoms with E-state index in [0.717, 1.165) is 44.9 Å². The number of Topliss-reactive ketones (excluding diaryl/α,β-unsaturated/α-hetero) is 1. The third kappa shape index (κ3) is 3.55. The van der Waals surface area contributed by atoms with Crippen LogP contribution in [0.2, 0.25) is 0 Å². The average molecular weight is 429 g/mol. The van der Waals surface area contributed by atoms with Crippen molar-refractivity contribution in [3.8, 4) is 0 Å². The van der Waals surface area contributed by atoms with Gasteiger partial charge in [0.15, 0.2) is 0 Å². The van der Waals surface area contributed by atoms with Gasteiger partial charge in [0.2, 0.25) is 5.78 Å². The second kappa shape index (κ2) is 7.22. The van der Waals surface area contributed by atoms with E-state index in [1.165, 1.54) is 12.8 Å². The van der Waals surface area contributed by atoms with Crippen LogP contribution in [-0.2, 0) is 4.79 Å². The molecule has 9 atom stereocenters. The van der Waals surface area contributed by atoms with Crippen LogP contribution >= 0.6 is 0 Å². The van der Waals surface area contributed by atoms with Gasteiger partial charge in [-0.1, -0.05) is 20.8 Å². The van der Waals surface area contributed by atoms with Gasteiger partial charge in [0.05, 0.1) is 5.60 Å². The highest BCUT2D eigenvalue weighted by atomic mass is 19.4. The molecule has 0 aromatic carbocycles. The van der Waals surface area contributed by atoms with Crippen LogP contribution in [0.15, 0.2) is 0 Å². The minimum absolute atomic E-state index is 0.0653. The molecule has 0 aromatic rings. The zero-order valence-corrected chi connectivity index (χ0v) is 19.0. The van der Waals surface area contributed by atoms with Gasteiger partial charge >= 0.3 is 6.18 Å². The lowest BCUT2D eigenvalue weighted by atomic mass is 9.43. The molecule has 4 fully saturated rings. The molecule has 2 unspecified atom stereocenters. The van der Waals surface area contributed by atoms with E-state index in [4.69, 9.17) is 0 Å². The Balaban J connectivity index is 1.51. The number of halogens is 3. The number of carbonyl (C=O) groups is 1. The van der Waals surface area contributed by atoms with Gasteiger partial charge < -0.3 is 5.11 Å². The largest absolute Gasteiger partial charge is 0.449 e. The number of fused-ring (bicyclic) bond motifs is 5. The van der Waals surface area contributed by atoms with Gasteiger partial charge in [-0.15, -0.1) is 0 Å². The first-order chi connectivity index (χ1) is 13.8. The maximum atomic E-state index is 12.8. The first kappa shape index (κ1) is 22.6. The number of rotatable bonds is 3. The van der Waals surface area contributed by atoms with E-state index in [-0.39, 0.29) is 23.7 Å². The Bertz CT molecular complexity index is 686. The lowest BCUT2D eigenvalue weighted by Crippen LogP contribution is -2.55. The molecular weight excluding hydrogens is 389 g/mol. The molecule has 172 valence electrons. The Morgan fingerprint density at radius 3 is 2.30 bits per heavy atom. The summed E-state index contributed by atoms with van der Waals surface area (Å²) >= 11 is 0. The Hall–Kier alpha value is -0.580. The first-order valence-electron chi connectivity index (χ1n) is 12.1. The molecule has 4 saturated carbocycles. The van der Waals surface area contributed by atoms with E-state index < -0.39 is 17.6 Å². The molecule has 0 saturated heterocycles. The lowest BCUT2D eigenvalue weighted by Gasteiger charge is -2.62. The smallest absolute Gasteiger partial charge is 0.390 e. The van der Waals surface area contributed by atoms with Crippen LogP contribution in [0.25, 0.3) is 0 Å². The van der Waals surface area contributed by atoms with Crippen LogP contribution in [-0.4, -0.2) is 22.7 Å². The van der Waals surface area contributed by atoms with Gasteiger partial charge in [0.25, 0.3) is 0 Å². The highest BCUT2D eigenvalue weighted by Gasteiger charge is 2.61. The summed E-state index contributed by atoms with van der Waals surface area (Å²) in [5.41, 5.74) is -0.169. The average Bonchev–Trinajstić information content (AvgIpc) is 2.98. The summed E-state index contributed by atoms with van der Waals surface area (Å²) in [5, 5.41) is 10.6. The fraction of sp³-hybridized carbons (Fsp3) is 0.960. The number of aliphatic hydroxyl groups is 1. The van der Waals surface area contributed by atoms with Gasteiger partial charge in [0, 0.05) is 6.42 Å². The summed E-state index contributed by atoms with van der Waals surface area (Å²) in [6.45, 7) is 8.64. The van der Waals surface area contributed by atoms with E-state index in [9.17, 15) is 23.1 Å². The fourth-order valence-electron chi connectivity index (χ4n) is 8.96. The number of hydrogen-bond acceptors (Lipinski definition) is 2. The molecular formula is C25H39F3O2. The second-order valence-electron chi connectivity index (χ2n) is 12.2. The highest BCUT2D eigenvalue weighted by Crippen LogP contribution is 2.68. The van der Waals surface area contributed by atoms with E-state index >= 15 is 0 Å². The van der Waals surface area contributed by atoms with Crippen molar-refractivity contribution in [1.29, 1.82) is 0 Å². The summed E-state index contributed by atoms with van der Waals surface area (Å²) in [5.74, 6) is 0.949. The molecule has 4 aliphatic carbocycles. The van der Waals surface area contributed by atoms with Crippen LogP contribution in [0.5, 0.6) is 0 Å². The maximum Gasteiger partial charge on any atom is 0.449 e. The van der Waals surface area contributed by atoms with Gasteiger partial charge in [-0.25, -0.2) is 0 Å². The number of hydrogen-bond donors (Lipinski definition) is 1. The summed E-state index contributed by atoms with van der Waals surface area (Å²) in [6, 6.07) is 0. The van der Waals surface area contributed by atoms with Crippen molar-refractivity contribution in [3.63, 3.8) is 0 Å². The molecule has 0 amide bonds. The summed E-state index contributed by atoms with van der Waals surface area (Å²) in [4.78, 5) is 11.6. The fourth-order valence-corrected chi connectivity index (χ4v) is 8.96. The monoisotopic (exact) mass is 428 g/mol.